The van der Waals surface area contributed by atoms with Gasteiger partial charge in [0.15, 0.2) is 0 Å². The molecule has 2 aromatic heterocycles. The zero-order chi connectivity index (χ0) is 25.1. The van der Waals surface area contributed by atoms with Crippen LogP contribution in [0, 0.1) is 0 Å². The van der Waals surface area contributed by atoms with Crippen LogP contribution in [0.25, 0.3) is 16.5 Å². The molecule has 0 spiro atoms. The van der Waals surface area contributed by atoms with E-state index in [0.29, 0.717) is 28.5 Å². The number of aromatic amines is 1. The van der Waals surface area contributed by atoms with Crippen LogP contribution in [0.5, 0.6) is 0 Å². The highest BCUT2D eigenvalue weighted by atomic mass is 79.9. The highest BCUT2D eigenvalue weighted by Crippen LogP contribution is 2.31. The molecule has 0 unspecified atom stereocenters. The molecule has 4 aromatic rings. The smallest absolute Gasteiger partial charge is 0.229 e. The minimum Gasteiger partial charge on any atom is -0.365 e. The van der Waals surface area contributed by atoms with E-state index in [4.69, 9.17) is 0 Å². The highest BCUT2D eigenvalue weighted by Gasteiger charge is 2.13. The highest BCUT2D eigenvalue weighted by molar-refractivity contribution is 9.10. The lowest BCUT2D eigenvalue weighted by Crippen LogP contribution is -2.19. The fourth-order valence-electron chi connectivity index (χ4n) is 4.16. The van der Waals surface area contributed by atoms with Gasteiger partial charge < -0.3 is 20.9 Å². The first-order valence-electron chi connectivity index (χ1n) is 11.5. The van der Waals surface area contributed by atoms with Crippen molar-refractivity contribution in [2.45, 2.75) is 13.0 Å². The largest absolute Gasteiger partial charge is 0.365 e. The quantitative estimate of drug-likeness (QED) is 0.206. The van der Waals surface area contributed by atoms with E-state index in [0.717, 1.165) is 47.9 Å². The summed E-state index contributed by atoms with van der Waals surface area (Å²) >= 11 is 3.50. The minimum atomic E-state index is -3.39. The van der Waals surface area contributed by atoms with Gasteiger partial charge in [-0.3, -0.25) is 4.72 Å². The van der Waals surface area contributed by atoms with Gasteiger partial charge in [-0.1, -0.05) is 24.3 Å². The van der Waals surface area contributed by atoms with E-state index in [1.807, 2.05) is 24.3 Å². The average Bonchev–Trinajstić information content (AvgIpc) is 3.28. The molecular formula is C25H26BrN7O2S. The van der Waals surface area contributed by atoms with E-state index >= 15 is 0 Å². The summed E-state index contributed by atoms with van der Waals surface area (Å²) in [4.78, 5) is 12.4. The zero-order valence-corrected chi connectivity index (χ0v) is 22.0. The molecule has 0 amide bonds. The second-order valence-electron chi connectivity index (χ2n) is 8.55. The Bertz CT molecular complexity index is 1550. The number of aromatic nitrogens is 3. The molecule has 36 heavy (non-hydrogen) atoms. The van der Waals surface area contributed by atoms with Crippen molar-refractivity contribution < 1.29 is 8.42 Å². The van der Waals surface area contributed by atoms with Crippen molar-refractivity contribution in [3.63, 3.8) is 0 Å². The first kappa shape index (κ1) is 24.3. The van der Waals surface area contributed by atoms with Gasteiger partial charge in [0.1, 0.15) is 5.82 Å². The van der Waals surface area contributed by atoms with E-state index in [1.165, 1.54) is 11.1 Å². The Labute approximate surface area is 218 Å². The Morgan fingerprint density at radius 2 is 2.03 bits per heavy atom. The fourth-order valence-corrected chi connectivity index (χ4v) is 5.09. The predicted molar refractivity (Wildman–Crippen MR) is 149 cm³/mol. The molecule has 1 aliphatic rings. The third-order valence-corrected chi connectivity index (χ3v) is 7.02. The number of benzene rings is 2. The number of H-pyrrole nitrogens is 1. The van der Waals surface area contributed by atoms with Crippen LogP contribution in [0.1, 0.15) is 17.5 Å². The second-order valence-corrected chi connectivity index (χ2v) is 11.1. The summed E-state index contributed by atoms with van der Waals surface area (Å²) in [6.45, 7) is 2.24. The van der Waals surface area contributed by atoms with Crippen LogP contribution in [-0.2, 0) is 16.6 Å². The number of nitrogens with zero attached hydrogens (tertiary/aromatic N) is 2. The summed E-state index contributed by atoms with van der Waals surface area (Å²) in [6, 6.07) is 13.4. The summed E-state index contributed by atoms with van der Waals surface area (Å²) in [7, 11) is -3.39. The van der Waals surface area contributed by atoms with Gasteiger partial charge in [-0.25, -0.2) is 13.4 Å². The lowest BCUT2D eigenvalue weighted by molar-refractivity contribution is 0.606. The number of halogens is 1. The molecule has 0 radical (unpaired) electrons. The molecule has 0 fully saturated rings. The van der Waals surface area contributed by atoms with Crippen molar-refractivity contribution in [2.24, 2.45) is 0 Å². The van der Waals surface area contributed by atoms with Gasteiger partial charge in [-0.15, -0.1) is 0 Å². The zero-order valence-electron chi connectivity index (χ0n) is 19.6. The monoisotopic (exact) mass is 567 g/mol. The Morgan fingerprint density at radius 3 is 2.83 bits per heavy atom. The average molecular weight is 569 g/mol. The first-order chi connectivity index (χ1) is 17.4. The molecule has 0 atom stereocenters. The number of hydrogen-bond donors (Lipinski definition) is 5. The number of anilines is 4. The molecule has 0 bridgehead atoms. The number of sulfonamides is 1. The van der Waals surface area contributed by atoms with Gasteiger partial charge in [-0.05, 0) is 64.3 Å². The number of fused-ring (bicyclic) bond motifs is 1. The Morgan fingerprint density at radius 1 is 1.17 bits per heavy atom. The van der Waals surface area contributed by atoms with Crippen LogP contribution in [0.3, 0.4) is 0 Å². The topological polar surface area (TPSA) is 124 Å². The Kier molecular flexibility index (Phi) is 6.95. The SMILES string of the molecule is CS(=O)(=O)Nc1ccccc1CNc1nc(Nc2ccc3[nH]cc(C4=CCNCC4)c3c2)ncc1Br. The molecule has 2 aromatic carbocycles. The van der Waals surface area contributed by atoms with Gasteiger partial charge in [0.2, 0.25) is 16.0 Å². The third kappa shape index (κ3) is 5.69. The summed E-state index contributed by atoms with van der Waals surface area (Å²) in [5, 5.41) is 11.1. The van der Waals surface area contributed by atoms with Crippen LogP contribution in [0.15, 0.2) is 65.4 Å². The maximum atomic E-state index is 11.7. The van der Waals surface area contributed by atoms with Crippen LogP contribution in [-0.4, -0.2) is 42.7 Å². The Balaban J connectivity index is 1.35. The molecule has 9 nitrogen and oxygen atoms in total. The van der Waals surface area contributed by atoms with Crippen LogP contribution < -0.4 is 20.7 Å². The van der Waals surface area contributed by atoms with Gasteiger partial charge in [0.25, 0.3) is 0 Å². The summed E-state index contributed by atoms with van der Waals surface area (Å²) in [5.74, 6) is 1.03. The molecule has 0 aliphatic carbocycles. The van der Waals surface area contributed by atoms with E-state index in [9.17, 15) is 8.42 Å². The first-order valence-corrected chi connectivity index (χ1v) is 14.1. The number of para-hydroxylation sites is 1. The van der Waals surface area contributed by atoms with Gasteiger partial charge in [-0.2, -0.15) is 4.98 Å². The number of rotatable bonds is 8. The standard InChI is InChI=1S/C25H26BrN7O2S/c1-36(34,35)33-22-5-3-2-4-17(22)13-29-24-21(26)15-30-25(32-24)31-18-6-7-23-19(12-18)20(14-28-23)16-8-10-27-11-9-16/h2-8,12,14-15,27-28,33H,9-11,13H2,1H3,(H2,29,30,31,32). The summed E-state index contributed by atoms with van der Waals surface area (Å²) < 4.78 is 26.6. The lowest BCUT2D eigenvalue weighted by atomic mass is 9.99. The van der Waals surface area contributed by atoms with Gasteiger partial charge >= 0.3 is 0 Å². The predicted octanol–water partition coefficient (Wildman–Crippen LogP) is 4.82. The molecule has 5 rings (SSSR count). The molecule has 11 heteroatoms. The lowest BCUT2D eigenvalue weighted by Gasteiger charge is -2.14. The molecule has 186 valence electrons. The van der Waals surface area contributed by atoms with Gasteiger partial charge in [0, 0.05) is 47.6 Å². The molecular weight excluding hydrogens is 542 g/mol. The van der Waals surface area contributed by atoms with Crippen LogP contribution in [0.4, 0.5) is 23.1 Å². The van der Waals surface area contributed by atoms with E-state index < -0.39 is 10.0 Å². The molecule has 3 heterocycles. The van der Waals surface area contributed by atoms with Crippen LogP contribution in [0.2, 0.25) is 0 Å². The fraction of sp³-hybridized carbons (Fsp3) is 0.200. The second kappa shape index (κ2) is 10.3. The summed E-state index contributed by atoms with van der Waals surface area (Å²) in [6.07, 6.45) is 8.12. The van der Waals surface area contributed by atoms with Gasteiger partial charge in [0.05, 0.1) is 16.4 Å². The number of hydrogen-bond acceptors (Lipinski definition) is 7. The minimum absolute atomic E-state index is 0.371. The summed E-state index contributed by atoms with van der Waals surface area (Å²) in [5.41, 5.74) is 5.84. The molecule has 0 saturated heterocycles. The van der Waals surface area contributed by atoms with Crippen molar-refractivity contribution in [3.8, 4) is 0 Å². The maximum Gasteiger partial charge on any atom is 0.229 e. The van der Waals surface area contributed by atoms with Crippen molar-refractivity contribution >= 4 is 65.6 Å². The van der Waals surface area contributed by atoms with Crippen LogP contribution >= 0.6 is 15.9 Å². The maximum absolute atomic E-state index is 11.7. The molecule has 5 N–H and O–H groups in total. The normalized spacial score (nSPS) is 13.9. The van der Waals surface area contributed by atoms with E-state index in [-0.39, 0.29) is 0 Å². The van der Waals surface area contributed by atoms with E-state index in [2.05, 4.69) is 69.9 Å². The van der Waals surface area contributed by atoms with Crippen molar-refractivity contribution in [2.75, 3.05) is 34.7 Å². The molecule has 1 aliphatic heterocycles. The van der Waals surface area contributed by atoms with Crippen molar-refractivity contribution in [1.82, 2.24) is 20.3 Å². The Hall–Kier alpha value is -3.41. The van der Waals surface area contributed by atoms with E-state index in [1.54, 1.807) is 18.3 Å². The number of nitrogens with one attached hydrogen (secondary N) is 5. The van der Waals surface area contributed by atoms with Crippen molar-refractivity contribution in [1.29, 1.82) is 0 Å². The molecule has 0 saturated carbocycles. The third-order valence-electron chi connectivity index (χ3n) is 5.85. The van der Waals surface area contributed by atoms with Crippen molar-refractivity contribution in [3.05, 3.63) is 76.5 Å².